The van der Waals surface area contributed by atoms with Crippen LogP contribution in [0.3, 0.4) is 0 Å². The van der Waals surface area contributed by atoms with Gasteiger partial charge in [0.1, 0.15) is 0 Å². The van der Waals surface area contributed by atoms with Crippen molar-refractivity contribution in [2.45, 2.75) is 38.0 Å². The maximum atomic E-state index is 3.37. The molecule has 0 atom stereocenters. The summed E-state index contributed by atoms with van der Waals surface area (Å²) in [5.41, 5.74) is 5.52. The molecule has 0 saturated heterocycles. The van der Waals surface area contributed by atoms with Crippen molar-refractivity contribution in [3.8, 4) is 0 Å². The van der Waals surface area contributed by atoms with Gasteiger partial charge in [-0.3, -0.25) is 0 Å². The molecule has 0 aliphatic carbocycles. The lowest BCUT2D eigenvalue weighted by Crippen LogP contribution is -2.11. The number of hydrogen-bond donors (Lipinski definition) is 1. The molecule has 0 heterocycles. The van der Waals surface area contributed by atoms with Crippen LogP contribution in [0.15, 0.2) is 47.4 Å². The molecule has 0 amide bonds. The molecule has 0 aliphatic heterocycles. The summed E-state index contributed by atoms with van der Waals surface area (Å²) in [7, 11) is 0. The minimum absolute atomic E-state index is 0.953. The maximum Gasteiger partial charge on any atom is 0.0234 e. The van der Waals surface area contributed by atoms with E-state index in [1.54, 1.807) is 0 Å². The van der Waals surface area contributed by atoms with E-state index >= 15 is 0 Å². The van der Waals surface area contributed by atoms with E-state index in [-0.39, 0.29) is 0 Å². The molecule has 2 rings (SSSR count). The van der Waals surface area contributed by atoms with Crippen LogP contribution in [0.1, 0.15) is 29.2 Å². The second-order valence-electron chi connectivity index (χ2n) is 5.15. The predicted molar refractivity (Wildman–Crippen MR) is 89.3 cm³/mol. The number of nitrogens with one attached hydrogen (secondary N) is 1. The first-order chi connectivity index (χ1) is 9.69. The summed E-state index contributed by atoms with van der Waals surface area (Å²) in [5.74, 6) is 1.04. The first-order valence-corrected chi connectivity index (χ1v) is 8.16. The van der Waals surface area contributed by atoms with Crippen LogP contribution in [-0.2, 0) is 12.3 Å². The monoisotopic (exact) mass is 285 g/mol. The van der Waals surface area contributed by atoms with Crippen LogP contribution in [0.2, 0.25) is 0 Å². The van der Waals surface area contributed by atoms with E-state index in [1.807, 2.05) is 11.8 Å². The van der Waals surface area contributed by atoms with Gasteiger partial charge in [-0.15, -0.1) is 11.8 Å². The predicted octanol–water partition coefficient (Wildman–Crippen LogP) is 4.71. The number of rotatable bonds is 6. The van der Waals surface area contributed by atoms with Crippen molar-refractivity contribution in [3.63, 3.8) is 0 Å². The Bertz CT molecular complexity index is 563. The molecular weight excluding hydrogens is 262 g/mol. The molecule has 0 fully saturated rings. The van der Waals surface area contributed by atoms with Gasteiger partial charge in [0.15, 0.2) is 0 Å². The van der Waals surface area contributed by atoms with Crippen molar-refractivity contribution in [1.29, 1.82) is 0 Å². The highest BCUT2D eigenvalue weighted by atomic mass is 32.2. The second kappa shape index (κ2) is 7.51. The lowest BCUT2D eigenvalue weighted by atomic mass is 10.1. The van der Waals surface area contributed by atoms with Crippen LogP contribution < -0.4 is 5.32 Å². The summed E-state index contributed by atoms with van der Waals surface area (Å²) in [5, 5.41) is 3.37. The molecule has 106 valence electrons. The summed E-state index contributed by atoms with van der Waals surface area (Å²) >= 11 is 1.92. The van der Waals surface area contributed by atoms with E-state index < -0.39 is 0 Å². The van der Waals surface area contributed by atoms with Crippen molar-refractivity contribution in [1.82, 2.24) is 5.32 Å². The van der Waals surface area contributed by atoms with Crippen molar-refractivity contribution in [2.24, 2.45) is 0 Å². The molecular formula is C18H23NS. The average Bonchev–Trinajstić information content (AvgIpc) is 2.46. The Hall–Kier alpha value is -1.25. The van der Waals surface area contributed by atoms with Gasteiger partial charge < -0.3 is 5.32 Å². The largest absolute Gasteiger partial charge is 0.313 e. The molecule has 2 aromatic carbocycles. The fourth-order valence-electron chi connectivity index (χ4n) is 2.13. The lowest BCUT2D eigenvalue weighted by Gasteiger charge is -2.08. The van der Waals surface area contributed by atoms with E-state index in [1.165, 1.54) is 27.1 Å². The van der Waals surface area contributed by atoms with Crippen molar-refractivity contribution in [3.05, 3.63) is 64.7 Å². The number of thioether (sulfide) groups is 1. The fraction of sp³-hybridized carbons (Fsp3) is 0.333. The van der Waals surface area contributed by atoms with E-state index in [2.05, 4.69) is 68.6 Å². The Labute approximate surface area is 126 Å². The van der Waals surface area contributed by atoms with Crippen LogP contribution in [0.4, 0.5) is 0 Å². The van der Waals surface area contributed by atoms with Gasteiger partial charge >= 0.3 is 0 Å². The molecule has 0 bridgehead atoms. The van der Waals surface area contributed by atoms with Gasteiger partial charge in [-0.1, -0.05) is 42.8 Å². The summed E-state index contributed by atoms with van der Waals surface area (Å²) in [6, 6.07) is 15.5. The Kier molecular flexibility index (Phi) is 5.69. The number of aryl methyl sites for hydroxylation is 2. The zero-order valence-electron chi connectivity index (χ0n) is 12.6. The topological polar surface area (TPSA) is 12.0 Å². The molecule has 0 unspecified atom stereocenters. The smallest absolute Gasteiger partial charge is 0.0234 e. The maximum absolute atomic E-state index is 3.37. The highest BCUT2D eigenvalue weighted by molar-refractivity contribution is 7.98. The molecule has 1 nitrogen and oxygen atoms in total. The van der Waals surface area contributed by atoms with Gasteiger partial charge in [0.05, 0.1) is 0 Å². The van der Waals surface area contributed by atoms with Crippen LogP contribution in [0.25, 0.3) is 0 Å². The normalized spacial score (nSPS) is 10.8. The summed E-state index contributed by atoms with van der Waals surface area (Å²) < 4.78 is 0. The first-order valence-electron chi connectivity index (χ1n) is 7.17. The van der Waals surface area contributed by atoms with Gasteiger partial charge in [-0.2, -0.15) is 0 Å². The Morgan fingerprint density at radius 2 is 1.90 bits per heavy atom. The summed E-state index contributed by atoms with van der Waals surface area (Å²) in [4.78, 5) is 1.35. The Balaban J connectivity index is 2.01. The van der Waals surface area contributed by atoms with Crippen LogP contribution in [0.5, 0.6) is 0 Å². The molecule has 0 spiro atoms. The molecule has 1 N–H and O–H groups in total. The van der Waals surface area contributed by atoms with Gasteiger partial charge in [-0.25, -0.2) is 0 Å². The molecule has 0 aliphatic rings. The quantitative estimate of drug-likeness (QED) is 0.772. The van der Waals surface area contributed by atoms with Crippen LogP contribution in [0, 0.1) is 13.8 Å². The fourth-order valence-corrected chi connectivity index (χ4v) is 3.17. The first kappa shape index (κ1) is 15.1. The van der Waals surface area contributed by atoms with E-state index in [0.29, 0.717) is 0 Å². The molecule has 2 aromatic rings. The average molecular weight is 285 g/mol. The highest BCUT2D eigenvalue weighted by Crippen LogP contribution is 2.25. The van der Waals surface area contributed by atoms with Crippen molar-refractivity contribution >= 4 is 11.8 Å². The van der Waals surface area contributed by atoms with E-state index in [9.17, 15) is 0 Å². The van der Waals surface area contributed by atoms with Crippen LogP contribution >= 0.6 is 11.8 Å². The zero-order valence-corrected chi connectivity index (χ0v) is 13.4. The Morgan fingerprint density at radius 1 is 1.05 bits per heavy atom. The number of hydrogen-bond acceptors (Lipinski definition) is 2. The second-order valence-corrected chi connectivity index (χ2v) is 6.20. The third-order valence-corrected chi connectivity index (χ3v) is 4.42. The SMILES string of the molecule is CCNCc1cccc(SCc2cc(C)ccc2C)c1. The van der Waals surface area contributed by atoms with E-state index in [4.69, 9.17) is 0 Å². The summed E-state index contributed by atoms with van der Waals surface area (Å²) in [6.45, 7) is 8.45. The minimum Gasteiger partial charge on any atom is -0.313 e. The molecule has 0 radical (unpaired) electrons. The van der Waals surface area contributed by atoms with Crippen molar-refractivity contribution in [2.75, 3.05) is 6.54 Å². The minimum atomic E-state index is 0.953. The van der Waals surface area contributed by atoms with Gasteiger partial charge in [-0.05, 0) is 49.2 Å². The van der Waals surface area contributed by atoms with Crippen LogP contribution in [-0.4, -0.2) is 6.54 Å². The third-order valence-electron chi connectivity index (χ3n) is 3.38. The van der Waals surface area contributed by atoms with Gasteiger partial charge in [0.25, 0.3) is 0 Å². The zero-order chi connectivity index (χ0) is 14.4. The standard InChI is InChI=1S/C18H23NS/c1-4-19-12-16-6-5-7-18(11-16)20-13-17-10-14(2)8-9-15(17)3/h5-11,19H,4,12-13H2,1-3H3. The highest BCUT2D eigenvalue weighted by Gasteiger charge is 2.01. The Morgan fingerprint density at radius 3 is 2.70 bits per heavy atom. The van der Waals surface area contributed by atoms with E-state index in [0.717, 1.165) is 18.8 Å². The van der Waals surface area contributed by atoms with Gasteiger partial charge in [0, 0.05) is 17.2 Å². The summed E-state index contributed by atoms with van der Waals surface area (Å²) in [6.07, 6.45) is 0. The van der Waals surface area contributed by atoms with Crippen molar-refractivity contribution < 1.29 is 0 Å². The third kappa shape index (κ3) is 4.39. The lowest BCUT2D eigenvalue weighted by molar-refractivity contribution is 0.725. The van der Waals surface area contributed by atoms with Gasteiger partial charge in [0.2, 0.25) is 0 Å². The number of benzene rings is 2. The molecule has 20 heavy (non-hydrogen) atoms. The molecule has 2 heteroatoms. The molecule has 0 saturated carbocycles. The molecule has 0 aromatic heterocycles.